The number of hydrogen-bond acceptors (Lipinski definition) is 6. The fourth-order valence-electron chi connectivity index (χ4n) is 2.41. The van der Waals surface area contributed by atoms with Crippen LogP contribution in [0.3, 0.4) is 0 Å². The number of aromatic nitrogens is 4. The maximum Gasteiger partial charge on any atom is 0.240 e. The van der Waals surface area contributed by atoms with Crippen LogP contribution in [0.5, 0.6) is 0 Å². The molecule has 0 aliphatic heterocycles. The zero-order valence-corrected chi connectivity index (χ0v) is 15.3. The van der Waals surface area contributed by atoms with E-state index in [1.165, 1.54) is 5.69 Å². The number of nitrogens with zero attached hydrogens (tertiary/aromatic N) is 4. The fourth-order valence-corrected chi connectivity index (χ4v) is 3.47. The molecular formula is C17H22N4O2S. The van der Waals surface area contributed by atoms with Gasteiger partial charge in [0, 0.05) is 12.2 Å². The first-order valence-corrected chi connectivity index (χ1v) is 9.06. The normalized spacial score (nSPS) is 12.7. The van der Waals surface area contributed by atoms with Crippen LogP contribution in [0.1, 0.15) is 49.2 Å². The SMILES string of the molecule is CCCCn1c(S[C@H](C)c2nc(-c3ccco3)no2)nc(C)c1C. The first-order valence-electron chi connectivity index (χ1n) is 8.18. The molecule has 3 rings (SSSR count). The van der Waals surface area contributed by atoms with Crippen LogP contribution in [0.25, 0.3) is 11.6 Å². The lowest BCUT2D eigenvalue weighted by molar-refractivity contribution is 0.379. The Balaban J connectivity index is 1.77. The van der Waals surface area contributed by atoms with Gasteiger partial charge in [0.15, 0.2) is 10.9 Å². The lowest BCUT2D eigenvalue weighted by Gasteiger charge is -2.11. The van der Waals surface area contributed by atoms with Gasteiger partial charge in [0.05, 0.1) is 17.2 Å². The third-order valence-electron chi connectivity index (χ3n) is 3.97. The Bertz CT molecular complexity index is 792. The van der Waals surface area contributed by atoms with Crippen LogP contribution in [0.2, 0.25) is 0 Å². The molecule has 0 amide bonds. The van der Waals surface area contributed by atoms with Gasteiger partial charge >= 0.3 is 0 Å². The number of thioether (sulfide) groups is 1. The molecule has 0 radical (unpaired) electrons. The number of aryl methyl sites for hydroxylation is 1. The van der Waals surface area contributed by atoms with Gasteiger partial charge in [0.1, 0.15) is 0 Å². The summed E-state index contributed by atoms with van der Waals surface area (Å²) in [5.41, 5.74) is 2.29. The summed E-state index contributed by atoms with van der Waals surface area (Å²) in [7, 11) is 0. The van der Waals surface area contributed by atoms with E-state index < -0.39 is 0 Å². The molecule has 0 N–H and O–H groups in total. The summed E-state index contributed by atoms with van der Waals surface area (Å²) in [4.78, 5) is 9.14. The van der Waals surface area contributed by atoms with Crippen LogP contribution in [0, 0.1) is 13.8 Å². The summed E-state index contributed by atoms with van der Waals surface area (Å²) < 4.78 is 13.0. The number of hydrogen-bond donors (Lipinski definition) is 0. The molecule has 0 fully saturated rings. The van der Waals surface area contributed by atoms with Crippen molar-refractivity contribution in [3.8, 4) is 11.6 Å². The van der Waals surface area contributed by atoms with E-state index in [0.717, 1.165) is 30.2 Å². The van der Waals surface area contributed by atoms with Crippen molar-refractivity contribution in [2.45, 2.75) is 57.5 Å². The minimum absolute atomic E-state index is 0.0165. The highest BCUT2D eigenvalue weighted by atomic mass is 32.2. The van der Waals surface area contributed by atoms with Crippen LogP contribution >= 0.6 is 11.8 Å². The van der Waals surface area contributed by atoms with Crippen molar-refractivity contribution in [1.82, 2.24) is 19.7 Å². The Morgan fingerprint density at radius 1 is 1.29 bits per heavy atom. The van der Waals surface area contributed by atoms with Gasteiger partial charge in [-0.1, -0.05) is 30.3 Å². The summed E-state index contributed by atoms with van der Waals surface area (Å²) in [5.74, 6) is 1.66. The second kappa shape index (κ2) is 7.25. The first-order chi connectivity index (χ1) is 11.6. The smallest absolute Gasteiger partial charge is 0.240 e. The van der Waals surface area contributed by atoms with E-state index in [2.05, 4.69) is 28.6 Å². The van der Waals surface area contributed by atoms with Crippen molar-refractivity contribution in [3.63, 3.8) is 0 Å². The summed E-state index contributed by atoms with van der Waals surface area (Å²) in [6, 6.07) is 3.62. The van der Waals surface area contributed by atoms with Crippen molar-refractivity contribution in [2.75, 3.05) is 0 Å². The lowest BCUT2D eigenvalue weighted by atomic mass is 10.3. The largest absolute Gasteiger partial charge is 0.461 e. The van der Waals surface area contributed by atoms with Crippen molar-refractivity contribution in [1.29, 1.82) is 0 Å². The first kappa shape index (κ1) is 16.8. The van der Waals surface area contributed by atoms with Crippen LogP contribution in [-0.2, 0) is 6.54 Å². The molecule has 0 aliphatic rings. The van der Waals surface area contributed by atoms with Gasteiger partial charge < -0.3 is 13.5 Å². The second-order valence-electron chi connectivity index (χ2n) is 5.76. The second-order valence-corrected chi connectivity index (χ2v) is 7.07. The van der Waals surface area contributed by atoms with Gasteiger partial charge in [-0.15, -0.1) is 0 Å². The molecule has 0 bridgehead atoms. The molecule has 0 aromatic carbocycles. The molecule has 6 nitrogen and oxygen atoms in total. The Kier molecular flexibility index (Phi) is 5.08. The maximum atomic E-state index is 5.40. The van der Waals surface area contributed by atoms with E-state index in [4.69, 9.17) is 13.9 Å². The molecule has 3 aromatic rings. The van der Waals surface area contributed by atoms with Crippen LogP contribution in [0.15, 0.2) is 32.5 Å². The predicted octanol–water partition coefficient (Wildman–Crippen LogP) is 4.80. The van der Waals surface area contributed by atoms with E-state index in [1.807, 2.05) is 19.9 Å². The number of rotatable bonds is 7. The Morgan fingerprint density at radius 3 is 2.83 bits per heavy atom. The summed E-state index contributed by atoms with van der Waals surface area (Å²) in [5, 5.41) is 5.02. The topological polar surface area (TPSA) is 69.9 Å². The van der Waals surface area contributed by atoms with Crippen molar-refractivity contribution >= 4 is 11.8 Å². The maximum absolute atomic E-state index is 5.40. The molecule has 128 valence electrons. The quantitative estimate of drug-likeness (QED) is 0.573. The zero-order chi connectivity index (χ0) is 17.1. The molecule has 3 aromatic heterocycles. The van der Waals surface area contributed by atoms with Crippen molar-refractivity contribution < 1.29 is 8.94 Å². The Labute approximate surface area is 145 Å². The van der Waals surface area contributed by atoms with Crippen LogP contribution < -0.4 is 0 Å². The average molecular weight is 346 g/mol. The molecule has 3 heterocycles. The van der Waals surface area contributed by atoms with E-state index in [1.54, 1.807) is 24.1 Å². The third kappa shape index (κ3) is 3.40. The predicted molar refractivity (Wildman–Crippen MR) is 92.9 cm³/mol. The highest BCUT2D eigenvalue weighted by Crippen LogP contribution is 2.35. The summed E-state index contributed by atoms with van der Waals surface area (Å²) in [6.07, 6.45) is 3.90. The Hall–Kier alpha value is -2.02. The van der Waals surface area contributed by atoms with Crippen molar-refractivity contribution in [2.24, 2.45) is 0 Å². The summed E-state index contributed by atoms with van der Waals surface area (Å²) >= 11 is 1.64. The van der Waals surface area contributed by atoms with Crippen molar-refractivity contribution in [3.05, 3.63) is 35.7 Å². The average Bonchev–Trinajstić information content (AvgIpc) is 3.28. The van der Waals surface area contributed by atoms with Gasteiger partial charge in [-0.25, -0.2) is 4.98 Å². The summed E-state index contributed by atoms with van der Waals surface area (Å²) in [6.45, 7) is 9.40. The van der Waals surface area contributed by atoms with E-state index in [9.17, 15) is 0 Å². The molecule has 0 saturated carbocycles. The van der Waals surface area contributed by atoms with E-state index >= 15 is 0 Å². The zero-order valence-electron chi connectivity index (χ0n) is 14.4. The van der Waals surface area contributed by atoms with Crippen LogP contribution in [0.4, 0.5) is 0 Å². The minimum Gasteiger partial charge on any atom is -0.461 e. The minimum atomic E-state index is 0.0165. The molecule has 0 saturated heterocycles. The van der Waals surface area contributed by atoms with Gasteiger partial charge in [0.25, 0.3) is 0 Å². The van der Waals surface area contributed by atoms with Gasteiger partial charge in [-0.05, 0) is 39.3 Å². The van der Waals surface area contributed by atoms with Gasteiger partial charge in [-0.3, -0.25) is 0 Å². The highest BCUT2D eigenvalue weighted by molar-refractivity contribution is 7.99. The monoisotopic (exact) mass is 346 g/mol. The molecule has 0 spiro atoms. The molecule has 0 unspecified atom stereocenters. The molecule has 0 aliphatic carbocycles. The molecule has 24 heavy (non-hydrogen) atoms. The standard InChI is InChI=1S/C17H22N4O2S/c1-5-6-9-21-12(3)11(2)18-17(21)24-13(4)16-19-15(20-23-16)14-8-7-10-22-14/h7-8,10,13H,5-6,9H2,1-4H3/t13-/m1/s1. The molecule has 7 heteroatoms. The third-order valence-corrected chi connectivity index (χ3v) is 5.05. The van der Waals surface area contributed by atoms with Gasteiger partial charge in [-0.2, -0.15) is 4.98 Å². The highest BCUT2D eigenvalue weighted by Gasteiger charge is 2.21. The van der Waals surface area contributed by atoms with E-state index in [0.29, 0.717) is 17.5 Å². The van der Waals surface area contributed by atoms with Gasteiger partial charge in [0.2, 0.25) is 11.7 Å². The lowest BCUT2D eigenvalue weighted by Crippen LogP contribution is -2.03. The number of unbranched alkanes of at least 4 members (excludes halogenated alkanes) is 1. The number of imidazole rings is 1. The molecule has 1 atom stereocenters. The van der Waals surface area contributed by atoms with E-state index in [-0.39, 0.29) is 5.25 Å². The number of furan rings is 1. The van der Waals surface area contributed by atoms with Crippen LogP contribution in [-0.4, -0.2) is 19.7 Å². The molecular weight excluding hydrogens is 324 g/mol. The fraction of sp³-hybridized carbons (Fsp3) is 0.471. The Morgan fingerprint density at radius 2 is 2.12 bits per heavy atom.